The zero-order chi connectivity index (χ0) is 25.6. The van der Waals surface area contributed by atoms with Crippen LogP contribution >= 0.6 is 0 Å². The zero-order valence-corrected chi connectivity index (χ0v) is 19.2. The molecule has 2 atom stereocenters. The SMILES string of the molecule is Cc1ncc(-c2cc(NC(=O)N3c4nc(C(=O)N[C@H](C)C(F)(F)F)ccc4N4CC[C@H]3C4)ncn2)o1. The van der Waals surface area contributed by atoms with E-state index in [1.165, 1.54) is 29.6 Å². The molecular weight excluding hydrogens is 481 g/mol. The first-order valence-corrected chi connectivity index (χ1v) is 11.1. The van der Waals surface area contributed by atoms with Gasteiger partial charge < -0.3 is 14.6 Å². The van der Waals surface area contributed by atoms with E-state index in [0.717, 1.165) is 6.92 Å². The molecule has 3 amide bonds. The number of carbonyl (C=O) groups excluding carboxylic acids is 2. The highest BCUT2D eigenvalue weighted by molar-refractivity contribution is 6.05. The highest BCUT2D eigenvalue weighted by Gasteiger charge is 2.41. The lowest BCUT2D eigenvalue weighted by molar-refractivity contribution is -0.149. The Morgan fingerprint density at radius 2 is 2.03 bits per heavy atom. The van der Waals surface area contributed by atoms with Crippen molar-refractivity contribution >= 4 is 29.3 Å². The number of hydrogen-bond acceptors (Lipinski definition) is 8. The van der Waals surface area contributed by atoms with E-state index in [2.05, 4.69) is 25.3 Å². The Bertz CT molecular complexity index is 1330. The van der Waals surface area contributed by atoms with Crippen LogP contribution in [0, 0.1) is 6.92 Å². The average molecular weight is 502 g/mol. The first kappa shape index (κ1) is 23.5. The molecule has 5 rings (SSSR count). The number of aromatic nitrogens is 4. The molecule has 1 fully saturated rings. The minimum atomic E-state index is -4.60. The van der Waals surface area contributed by atoms with Gasteiger partial charge in [0.2, 0.25) is 0 Å². The molecule has 0 aromatic carbocycles. The fraction of sp³-hybridized carbons (Fsp3) is 0.364. The number of rotatable bonds is 4. The maximum atomic E-state index is 13.4. The van der Waals surface area contributed by atoms with Crippen LogP contribution in [0.1, 0.15) is 29.7 Å². The van der Waals surface area contributed by atoms with E-state index >= 15 is 0 Å². The first-order chi connectivity index (χ1) is 17.1. The number of fused-ring (bicyclic) bond motifs is 4. The second kappa shape index (κ2) is 8.77. The number of oxazole rings is 1. The van der Waals surface area contributed by atoms with Crippen LogP contribution in [0.15, 0.2) is 35.1 Å². The molecular formula is C22H21F3N8O3. The Morgan fingerprint density at radius 1 is 1.22 bits per heavy atom. The van der Waals surface area contributed by atoms with E-state index < -0.39 is 24.2 Å². The maximum absolute atomic E-state index is 13.4. The number of amides is 3. The van der Waals surface area contributed by atoms with Gasteiger partial charge in [0.1, 0.15) is 29.6 Å². The normalized spacial score (nSPS) is 17.5. The van der Waals surface area contributed by atoms with Crippen molar-refractivity contribution in [3.05, 3.63) is 42.3 Å². The summed E-state index contributed by atoms with van der Waals surface area (Å²) in [5.41, 5.74) is 0.804. The lowest BCUT2D eigenvalue weighted by Crippen LogP contribution is -2.49. The third-order valence-corrected chi connectivity index (χ3v) is 6.02. The molecule has 0 radical (unpaired) electrons. The van der Waals surface area contributed by atoms with Gasteiger partial charge in [-0.3, -0.25) is 15.0 Å². The summed E-state index contributed by atoms with van der Waals surface area (Å²) in [6, 6.07) is 1.63. The summed E-state index contributed by atoms with van der Waals surface area (Å²) in [5, 5.41) is 4.62. The van der Waals surface area contributed by atoms with Crippen molar-refractivity contribution in [2.75, 3.05) is 28.2 Å². The van der Waals surface area contributed by atoms with E-state index in [4.69, 9.17) is 4.42 Å². The van der Waals surface area contributed by atoms with Crippen molar-refractivity contribution in [1.29, 1.82) is 0 Å². The van der Waals surface area contributed by atoms with Gasteiger partial charge in [0, 0.05) is 26.1 Å². The highest BCUT2D eigenvalue weighted by Crippen LogP contribution is 2.39. The number of pyridine rings is 1. The monoisotopic (exact) mass is 502 g/mol. The number of nitrogens with zero attached hydrogens (tertiary/aromatic N) is 6. The minimum Gasteiger partial charge on any atom is -0.439 e. The molecule has 5 heterocycles. The summed E-state index contributed by atoms with van der Waals surface area (Å²) in [5.74, 6) is 0.271. The Morgan fingerprint density at radius 3 is 2.75 bits per heavy atom. The maximum Gasteiger partial charge on any atom is 0.408 e. The van der Waals surface area contributed by atoms with Gasteiger partial charge in [0.25, 0.3) is 5.91 Å². The van der Waals surface area contributed by atoms with Crippen molar-refractivity contribution in [2.24, 2.45) is 0 Å². The molecule has 2 bridgehead atoms. The molecule has 36 heavy (non-hydrogen) atoms. The Balaban J connectivity index is 1.41. The molecule has 14 heteroatoms. The molecule has 0 unspecified atom stereocenters. The second-order valence-electron chi connectivity index (χ2n) is 8.50. The third kappa shape index (κ3) is 4.41. The average Bonchev–Trinajstić information content (AvgIpc) is 3.45. The molecule has 2 aliphatic rings. The van der Waals surface area contributed by atoms with Gasteiger partial charge in [-0.05, 0) is 25.5 Å². The van der Waals surface area contributed by atoms with Gasteiger partial charge in [-0.15, -0.1) is 0 Å². The van der Waals surface area contributed by atoms with Crippen molar-refractivity contribution < 1.29 is 27.2 Å². The Labute approximate surface area is 202 Å². The van der Waals surface area contributed by atoms with Crippen LogP contribution in [-0.4, -0.2) is 63.2 Å². The molecule has 0 saturated carbocycles. The van der Waals surface area contributed by atoms with E-state index in [0.29, 0.717) is 42.5 Å². The van der Waals surface area contributed by atoms with Crippen LogP contribution in [0.2, 0.25) is 0 Å². The number of halogens is 3. The van der Waals surface area contributed by atoms with Crippen LogP contribution in [0.4, 0.5) is 35.3 Å². The largest absolute Gasteiger partial charge is 0.439 e. The zero-order valence-electron chi connectivity index (χ0n) is 19.2. The fourth-order valence-corrected chi connectivity index (χ4v) is 4.16. The summed E-state index contributed by atoms with van der Waals surface area (Å²) >= 11 is 0. The summed E-state index contributed by atoms with van der Waals surface area (Å²) in [6.45, 7) is 3.77. The number of alkyl halides is 3. The molecule has 2 N–H and O–H groups in total. The summed E-state index contributed by atoms with van der Waals surface area (Å²) in [6.07, 6.45) is -1.16. The van der Waals surface area contributed by atoms with Gasteiger partial charge in [0.05, 0.1) is 17.9 Å². The Hall–Kier alpha value is -4.23. The van der Waals surface area contributed by atoms with E-state index in [1.807, 2.05) is 10.2 Å². The second-order valence-corrected chi connectivity index (χ2v) is 8.50. The quantitative estimate of drug-likeness (QED) is 0.557. The number of aryl methyl sites for hydroxylation is 1. The third-order valence-electron chi connectivity index (χ3n) is 6.02. The summed E-state index contributed by atoms with van der Waals surface area (Å²) in [4.78, 5) is 45.8. The molecule has 0 spiro atoms. The van der Waals surface area contributed by atoms with Crippen LogP contribution in [0.25, 0.3) is 11.5 Å². The lowest BCUT2D eigenvalue weighted by Gasteiger charge is -2.35. The molecule has 3 aromatic heterocycles. The number of carbonyl (C=O) groups is 2. The van der Waals surface area contributed by atoms with Crippen molar-refractivity contribution in [1.82, 2.24) is 25.3 Å². The van der Waals surface area contributed by atoms with Gasteiger partial charge in [-0.25, -0.2) is 24.7 Å². The molecule has 3 aromatic rings. The molecule has 188 valence electrons. The van der Waals surface area contributed by atoms with Gasteiger partial charge >= 0.3 is 12.2 Å². The molecule has 11 nitrogen and oxygen atoms in total. The predicted octanol–water partition coefficient (Wildman–Crippen LogP) is 3.15. The van der Waals surface area contributed by atoms with Gasteiger partial charge in [0.15, 0.2) is 17.5 Å². The summed E-state index contributed by atoms with van der Waals surface area (Å²) in [7, 11) is 0. The van der Waals surface area contributed by atoms with Gasteiger partial charge in [-0.2, -0.15) is 13.2 Å². The van der Waals surface area contributed by atoms with Crippen molar-refractivity contribution in [3.63, 3.8) is 0 Å². The van der Waals surface area contributed by atoms with Crippen LogP contribution < -0.4 is 20.4 Å². The molecule has 0 aliphatic carbocycles. The first-order valence-electron chi connectivity index (χ1n) is 11.1. The number of hydrogen-bond donors (Lipinski definition) is 2. The van der Waals surface area contributed by atoms with Crippen LogP contribution in [-0.2, 0) is 0 Å². The van der Waals surface area contributed by atoms with Crippen LogP contribution in [0.5, 0.6) is 0 Å². The Kier molecular flexibility index (Phi) is 5.73. The van der Waals surface area contributed by atoms with E-state index in [-0.39, 0.29) is 23.4 Å². The number of urea groups is 1. The number of anilines is 3. The lowest BCUT2D eigenvalue weighted by atomic mass is 10.1. The minimum absolute atomic E-state index is 0.189. The van der Waals surface area contributed by atoms with E-state index in [9.17, 15) is 22.8 Å². The summed E-state index contributed by atoms with van der Waals surface area (Å²) < 4.78 is 44.2. The topological polar surface area (TPSA) is 129 Å². The predicted molar refractivity (Wildman–Crippen MR) is 122 cm³/mol. The van der Waals surface area contributed by atoms with Gasteiger partial charge in [-0.1, -0.05) is 0 Å². The van der Waals surface area contributed by atoms with Crippen LogP contribution in [0.3, 0.4) is 0 Å². The highest BCUT2D eigenvalue weighted by atomic mass is 19.4. The van der Waals surface area contributed by atoms with Crippen molar-refractivity contribution in [2.45, 2.75) is 38.5 Å². The van der Waals surface area contributed by atoms with E-state index in [1.54, 1.807) is 13.0 Å². The smallest absolute Gasteiger partial charge is 0.408 e. The van der Waals surface area contributed by atoms with Crippen molar-refractivity contribution in [3.8, 4) is 11.5 Å². The molecule has 2 aliphatic heterocycles. The number of nitrogens with one attached hydrogen (secondary N) is 2. The fourth-order valence-electron chi connectivity index (χ4n) is 4.16. The molecule has 1 saturated heterocycles. The standard InChI is InChI=1S/C22H21F3N8O3/c1-11(22(23,24)25)29-20(34)14-3-4-16-19(30-14)33(13-5-6-32(16)9-13)21(35)31-18-7-15(27-10-28-18)17-8-26-12(2)36-17/h3-4,7-8,10-11,13H,5-6,9H2,1-2H3,(H,29,34)(H,27,28,31,35)/t11-,13+/m1/s1.